The van der Waals surface area contributed by atoms with Gasteiger partial charge in [-0.15, -0.1) is 0 Å². The minimum atomic E-state index is 0.0377. The van der Waals surface area contributed by atoms with Gasteiger partial charge in [0.1, 0.15) is 12.4 Å². The third kappa shape index (κ3) is 2.96. The summed E-state index contributed by atoms with van der Waals surface area (Å²) >= 11 is 2.23. The Morgan fingerprint density at radius 3 is 2.52 bits per heavy atom. The third-order valence-electron chi connectivity index (χ3n) is 4.85. The Labute approximate surface area is 149 Å². The number of halogens is 1. The number of carbonyl (C=O) groups excluding carboxylic acids is 1. The van der Waals surface area contributed by atoms with Gasteiger partial charge in [-0.05, 0) is 71.5 Å². The molecular weight excluding hydrogens is 401 g/mol. The van der Waals surface area contributed by atoms with Crippen molar-refractivity contribution in [2.75, 3.05) is 0 Å². The van der Waals surface area contributed by atoms with Gasteiger partial charge in [-0.1, -0.05) is 30.3 Å². The van der Waals surface area contributed by atoms with Gasteiger partial charge in [-0.25, -0.2) is 0 Å². The molecule has 0 radical (unpaired) electrons. The van der Waals surface area contributed by atoms with E-state index in [0.29, 0.717) is 12.2 Å². The lowest BCUT2D eigenvalue weighted by molar-refractivity contribution is -0.0438. The summed E-state index contributed by atoms with van der Waals surface area (Å²) in [5.74, 6) is 1.72. The molecular formula is C19H18INO2. The molecule has 0 aromatic heterocycles. The van der Waals surface area contributed by atoms with Gasteiger partial charge in [0.05, 0.1) is 3.57 Å². The van der Waals surface area contributed by atoms with Crippen molar-refractivity contribution in [2.24, 2.45) is 5.92 Å². The fourth-order valence-corrected chi connectivity index (χ4v) is 4.11. The van der Waals surface area contributed by atoms with Crippen molar-refractivity contribution in [2.45, 2.75) is 31.4 Å². The molecule has 1 N–H and O–H groups in total. The van der Waals surface area contributed by atoms with Gasteiger partial charge in [-0.2, -0.15) is 0 Å². The van der Waals surface area contributed by atoms with Crippen LogP contribution in [0.4, 0.5) is 0 Å². The van der Waals surface area contributed by atoms with Gasteiger partial charge in [0.25, 0.3) is 5.91 Å². The standard InChI is InChI=1S/C19H18INO2/c20-16-8-15(18(22)21-19-9-14(10-19)11-19)6-7-17(16)23-12-13-4-2-1-3-5-13/h1-8,14H,9-12H2,(H,21,22). The van der Waals surface area contributed by atoms with Crippen LogP contribution in [0.2, 0.25) is 0 Å². The fourth-order valence-electron chi connectivity index (χ4n) is 3.44. The SMILES string of the molecule is O=C(NC12CC(C1)C2)c1ccc(OCc2ccccc2)c(I)c1. The van der Waals surface area contributed by atoms with Crippen LogP contribution in [0.3, 0.4) is 0 Å². The summed E-state index contributed by atoms with van der Waals surface area (Å²) in [6, 6.07) is 15.7. The van der Waals surface area contributed by atoms with Crippen LogP contribution >= 0.6 is 22.6 Å². The lowest BCUT2D eigenvalue weighted by Gasteiger charge is -2.61. The van der Waals surface area contributed by atoms with Gasteiger partial charge in [0, 0.05) is 11.1 Å². The molecule has 0 saturated heterocycles. The van der Waals surface area contributed by atoms with Crippen LogP contribution in [0.25, 0.3) is 0 Å². The normalized spacial score (nSPS) is 24.3. The number of ether oxygens (including phenoxy) is 1. The van der Waals surface area contributed by atoms with E-state index in [2.05, 4.69) is 27.9 Å². The average molecular weight is 419 g/mol. The van der Waals surface area contributed by atoms with Crippen LogP contribution in [0.5, 0.6) is 5.75 Å². The van der Waals surface area contributed by atoms with Gasteiger partial charge < -0.3 is 10.1 Å². The Kier molecular flexibility index (Phi) is 3.79. The molecule has 3 aliphatic rings. The number of benzene rings is 2. The second-order valence-electron chi connectivity index (χ2n) is 6.63. The molecule has 0 aliphatic heterocycles. The second-order valence-corrected chi connectivity index (χ2v) is 7.79. The monoisotopic (exact) mass is 419 g/mol. The fraction of sp³-hybridized carbons (Fsp3) is 0.316. The molecule has 0 heterocycles. The first-order chi connectivity index (χ1) is 11.1. The minimum absolute atomic E-state index is 0.0377. The van der Waals surface area contributed by atoms with Crippen molar-refractivity contribution in [3.05, 3.63) is 63.2 Å². The zero-order valence-electron chi connectivity index (χ0n) is 12.7. The number of nitrogens with one attached hydrogen (secondary N) is 1. The lowest BCUT2D eigenvalue weighted by atomic mass is 9.50. The molecule has 0 atom stereocenters. The number of carbonyl (C=O) groups is 1. The van der Waals surface area contributed by atoms with Gasteiger partial charge >= 0.3 is 0 Å². The molecule has 3 fully saturated rings. The van der Waals surface area contributed by atoms with Crippen molar-refractivity contribution in [3.63, 3.8) is 0 Å². The molecule has 2 bridgehead atoms. The van der Waals surface area contributed by atoms with Crippen LogP contribution in [0.1, 0.15) is 35.2 Å². The number of hydrogen-bond donors (Lipinski definition) is 1. The summed E-state index contributed by atoms with van der Waals surface area (Å²) in [7, 11) is 0. The van der Waals surface area contributed by atoms with E-state index in [9.17, 15) is 4.79 Å². The first-order valence-electron chi connectivity index (χ1n) is 7.92. The predicted molar refractivity (Wildman–Crippen MR) is 97.5 cm³/mol. The van der Waals surface area contributed by atoms with E-state index in [4.69, 9.17) is 4.74 Å². The van der Waals surface area contributed by atoms with Gasteiger partial charge in [0.15, 0.2) is 0 Å². The summed E-state index contributed by atoms with van der Waals surface area (Å²) in [5.41, 5.74) is 1.97. The Hall–Kier alpha value is -1.56. The predicted octanol–water partition coefficient (Wildman–Crippen LogP) is 4.15. The summed E-state index contributed by atoms with van der Waals surface area (Å²) in [5, 5.41) is 3.20. The Morgan fingerprint density at radius 2 is 1.91 bits per heavy atom. The average Bonchev–Trinajstić information content (AvgIpc) is 2.49. The van der Waals surface area contributed by atoms with Crippen LogP contribution in [0, 0.1) is 9.49 Å². The van der Waals surface area contributed by atoms with E-state index in [1.165, 1.54) is 0 Å². The maximum absolute atomic E-state index is 12.4. The van der Waals surface area contributed by atoms with E-state index in [0.717, 1.165) is 40.1 Å². The molecule has 2 aromatic rings. The zero-order chi connectivity index (χ0) is 15.9. The van der Waals surface area contributed by atoms with Crippen molar-refractivity contribution < 1.29 is 9.53 Å². The topological polar surface area (TPSA) is 38.3 Å². The van der Waals surface area contributed by atoms with E-state index >= 15 is 0 Å². The zero-order valence-corrected chi connectivity index (χ0v) is 14.9. The number of rotatable bonds is 5. The van der Waals surface area contributed by atoms with Gasteiger partial charge in [0.2, 0.25) is 0 Å². The van der Waals surface area contributed by atoms with E-state index in [-0.39, 0.29) is 11.4 Å². The van der Waals surface area contributed by atoms with Crippen LogP contribution in [0.15, 0.2) is 48.5 Å². The maximum Gasteiger partial charge on any atom is 0.251 e. The Balaban J connectivity index is 1.41. The Morgan fingerprint density at radius 1 is 1.17 bits per heavy atom. The summed E-state index contributed by atoms with van der Waals surface area (Å²) in [6.45, 7) is 0.535. The second kappa shape index (κ2) is 5.82. The van der Waals surface area contributed by atoms with Crippen molar-refractivity contribution in [1.82, 2.24) is 5.32 Å². The summed E-state index contributed by atoms with van der Waals surface area (Å²) < 4.78 is 6.82. The molecule has 0 spiro atoms. The van der Waals surface area contributed by atoms with E-state index < -0.39 is 0 Å². The summed E-state index contributed by atoms with van der Waals surface area (Å²) in [4.78, 5) is 12.4. The Bertz CT molecular complexity index is 727. The molecule has 3 nitrogen and oxygen atoms in total. The third-order valence-corrected chi connectivity index (χ3v) is 5.69. The minimum Gasteiger partial charge on any atom is -0.488 e. The highest BCUT2D eigenvalue weighted by Crippen LogP contribution is 2.57. The van der Waals surface area contributed by atoms with E-state index in [1.54, 1.807) is 0 Å². The largest absolute Gasteiger partial charge is 0.488 e. The van der Waals surface area contributed by atoms with Crippen LogP contribution in [-0.4, -0.2) is 11.4 Å². The highest BCUT2D eigenvalue weighted by Gasteiger charge is 2.57. The van der Waals surface area contributed by atoms with Crippen molar-refractivity contribution >= 4 is 28.5 Å². The molecule has 3 saturated carbocycles. The van der Waals surface area contributed by atoms with E-state index in [1.807, 2.05) is 48.5 Å². The molecule has 5 rings (SSSR count). The molecule has 1 amide bonds. The maximum atomic E-state index is 12.4. The van der Waals surface area contributed by atoms with Crippen LogP contribution < -0.4 is 10.1 Å². The molecule has 2 aromatic carbocycles. The van der Waals surface area contributed by atoms with Gasteiger partial charge in [-0.3, -0.25) is 4.79 Å². The highest BCUT2D eigenvalue weighted by molar-refractivity contribution is 14.1. The number of hydrogen-bond acceptors (Lipinski definition) is 2. The highest BCUT2D eigenvalue weighted by atomic mass is 127. The molecule has 118 valence electrons. The first kappa shape index (κ1) is 15.0. The molecule has 3 aliphatic carbocycles. The molecule has 0 unspecified atom stereocenters. The molecule has 4 heteroatoms. The summed E-state index contributed by atoms with van der Waals surface area (Å²) in [6.07, 6.45) is 3.48. The lowest BCUT2D eigenvalue weighted by Crippen LogP contribution is -2.68. The van der Waals surface area contributed by atoms with Crippen LogP contribution in [-0.2, 0) is 6.61 Å². The first-order valence-corrected chi connectivity index (χ1v) is 9.00. The quantitative estimate of drug-likeness (QED) is 0.740. The smallest absolute Gasteiger partial charge is 0.251 e. The number of amides is 1. The van der Waals surface area contributed by atoms with Crippen molar-refractivity contribution in [3.8, 4) is 5.75 Å². The van der Waals surface area contributed by atoms with Crippen molar-refractivity contribution in [1.29, 1.82) is 0 Å². The molecule has 23 heavy (non-hydrogen) atoms.